The van der Waals surface area contributed by atoms with Crippen molar-refractivity contribution in [3.8, 4) is 0 Å². The number of hydrogen-bond donors (Lipinski definition) is 2. The summed E-state index contributed by atoms with van der Waals surface area (Å²) in [5.74, 6) is -1.67. The number of benzene rings is 1. The van der Waals surface area contributed by atoms with Crippen molar-refractivity contribution in [1.82, 2.24) is 19.8 Å². The molecule has 2 rings (SSSR count). The Kier molecular flexibility index (Phi) is 5.51. The number of nitrogens with one attached hydrogen (secondary N) is 1. The number of carbonyl (C=O) groups excluding carboxylic acids is 2. The number of aliphatic carboxylic acids is 1. The first-order valence-electron chi connectivity index (χ1n) is 7.56. The third kappa shape index (κ3) is 4.09. The Hall–Kier alpha value is -2.90. The van der Waals surface area contributed by atoms with Gasteiger partial charge in [-0.25, -0.2) is 9.78 Å². The van der Waals surface area contributed by atoms with Gasteiger partial charge in [0.05, 0.1) is 17.4 Å². The van der Waals surface area contributed by atoms with Gasteiger partial charge in [-0.05, 0) is 19.1 Å². The quantitative estimate of drug-likeness (QED) is 0.767. The summed E-state index contributed by atoms with van der Waals surface area (Å²) in [5.41, 5.74) is 1.57. The number of carbonyl (C=O) groups is 3. The average Bonchev–Trinajstić information content (AvgIpc) is 2.93. The lowest BCUT2D eigenvalue weighted by Crippen LogP contribution is -2.47. The lowest BCUT2D eigenvalue weighted by molar-refractivity contribution is -0.149. The zero-order valence-corrected chi connectivity index (χ0v) is 13.6. The zero-order chi connectivity index (χ0) is 17.7. The summed E-state index contributed by atoms with van der Waals surface area (Å²) in [6.07, 6.45) is 1.56. The van der Waals surface area contributed by atoms with Gasteiger partial charge in [-0.2, -0.15) is 0 Å². The molecular formula is C16H20N4O4. The molecule has 1 aromatic heterocycles. The predicted molar refractivity (Wildman–Crippen MR) is 87.2 cm³/mol. The standard InChI is InChI=1S/C16H20N4O4/c1-11(16(23)24)20(8-7-17-12(2)21)15(22)9-19-10-18-13-5-3-4-6-14(13)19/h3-6,10-11H,7-9H2,1-2H3,(H,17,21)(H,23,24). The average molecular weight is 332 g/mol. The molecule has 2 amide bonds. The number of fused-ring (bicyclic) bond motifs is 1. The first-order chi connectivity index (χ1) is 11.4. The first-order valence-corrected chi connectivity index (χ1v) is 7.56. The number of carboxylic acids is 1. The fourth-order valence-corrected chi connectivity index (χ4v) is 2.39. The molecule has 0 aliphatic heterocycles. The molecule has 1 aromatic carbocycles. The van der Waals surface area contributed by atoms with Crippen LogP contribution in [-0.2, 0) is 20.9 Å². The number of hydrogen-bond acceptors (Lipinski definition) is 4. The maximum absolute atomic E-state index is 12.6. The molecule has 2 aromatic rings. The normalized spacial score (nSPS) is 11.9. The van der Waals surface area contributed by atoms with Crippen molar-refractivity contribution in [1.29, 1.82) is 0 Å². The second-order valence-electron chi connectivity index (χ2n) is 5.45. The van der Waals surface area contributed by atoms with Gasteiger partial charge >= 0.3 is 5.97 Å². The lowest BCUT2D eigenvalue weighted by atomic mass is 10.2. The zero-order valence-electron chi connectivity index (χ0n) is 13.6. The van der Waals surface area contributed by atoms with Crippen molar-refractivity contribution in [3.63, 3.8) is 0 Å². The van der Waals surface area contributed by atoms with E-state index in [1.807, 2.05) is 24.3 Å². The van der Waals surface area contributed by atoms with Crippen LogP contribution in [0.2, 0.25) is 0 Å². The van der Waals surface area contributed by atoms with Gasteiger partial charge in [-0.15, -0.1) is 0 Å². The summed E-state index contributed by atoms with van der Waals surface area (Å²) in [5, 5.41) is 11.8. The van der Waals surface area contributed by atoms with Crippen LogP contribution in [0.4, 0.5) is 0 Å². The minimum absolute atomic E-state index is 0.0157. The van der Waals surface area contributed by atoms with Gasteiger partial charge in [0.2, 0.25) is 11.8 Å². The first kappa shape index (κ1) is 17.5. The maximum Gasteiger partial charge on any atom is 0.326 e. The topological polar surface area (TPSA) is 105 Å². The van der Waals surface area contributed by atoms with Crippen molar-refractivity contribution in [2.75, 3.05) is 13.1 Å². The fraction of sp³-hybridized carbons (Fsp3) is 0.375. The Labute approximate surface area is 139 Å². The van der Waals surface area contributed by atoms with Crippen LogP contribution < -0.4 is 5.32 Å². The minimum Gasteiger partial charge on any atom is -0.480 e. The van der Waals surface area contributed by atoms with E-state index >= 15 is 0 Å². The molecule has 0 aliphatic carbocycles. The summed E-state index contributed by atoms with van der Waals surface area (Å²) in [7, 11) is 0. The Morgan fingerprint density at radius 1 is 1.33 bits per heavy atom. The highest BCUT2D eigenvalue weighted by molar-refractivity contribution is 5.85. The summed E-state index contributed by atoms with van der Waals surface area (Å²) < 4.78 is 1.68. The van der Waals surface area contributed by atoms with Gasteiger partial charge in [0.1, 0.15) is 12.6 Å². The van der Waals surface area contributed by atoms with Crippen LogP contribution in [0.1, 0.15) is 13.8 Å². The summed E-state index contributed by atoms with van der Waals surface area (Å²) >= 11 is 0. The molecule has 2 N–H and O–H groups in total. The van der Waals surface area contributed by atoms with Crippen molar-refractivity contribution < 1.29 is 19.5 Å². The number of aromatic nitrogens is 2. The number of para-hydroxylation sites is 2. The molecule has 0 saturated carbocycles. The van der Waals surface area contributed by atoms with Crippen molar-refractivity contribution in [2.24, 2.45) is 0 Å². The summed E-state index contributed by atoms with van der Waals surface area (Å²) in [4.78, 5) is 40.3. The molecule has 128 valence electrons. The van der Waals surface area contributed by atoms with Crippen LogP contribution in [0.25, 0.3) is 11.0 Å². The number of rotatable bonds is 7. The maximum atomic E-state index is 12.6. The summed E-state index contributed by atoms with van der Waals surface area (Å²) in [6, 6.07) is 6.40. The van der Waals surface area contributed by atoms with E-state index in [0.717, 1.165) is 11.0 Å². The largest absolute Gasteiger partial charge is 0.480 e. The van der Waals surface area contributed by atoms with E-state index in [1.165, 1.54) is 18.7 Å². The molecule has 8 heteroatoms. The minimum atomic E-state index is -1.10. The highest BCUT2D eigenvalue weighted by atomic mass is 16.4. The highest BCUT2D eigenvalue weighted by Crippen LogP contribution is 2.12. The van der Waals surface area contributed by atoms with E-state index in [9.17, 15) is 19.5 Å². The molecule has 1 atom stereocenters. The SMILES string of the molecule is CC(=O)NCCN(C(=O)Cn1cnc2ccccc21)C(C)C(=O)O. The number of amides is 2. The van der Waals surface area contributed by atoms with Gasteiger partial charge < -0.3 is 19.9 Å². The molecule has 0 bridgehead atoms. The van der Waals surface area contributed by atoms with Gasteiger partial charge in [0, 0.05) is 20.0 Å². The van der Waals surface area contributed by atoms with Crippen LogP contribution in [0.5, 0.6) is 0 Å². The third-order valence-corrected chi connectivity index (χ3v) is 3.70. The third-order valence-electron chi connectivity index (χ3n) is 3.70. The van der Waals surface area contributed by atoms with E-state index in [-0.39, 0.29) is 31.4 Å². The predicted octanol–water partition coefficient (Wildman–Crippen LogP) is 0.474. The second-order valence-corrected chi connectivity index (χ2v) is 5.45. The van der Waals surface area contributed by atoms with Gasteiger partial charge in [-0.3, -0.25) is 9.59 Å². The van der Waals surface area contributed by atoms with Crippen LogP contribution in [0.15, 0.2) is 30.6 Å². The smallest absolute Gasteiger partial charge is 0.326 e. The Balaban J connectivity index is 2.14. The van der Waals surface area contributed by atoms with Crippen LogP contribution in [0, 0.1) is 0 Å². The molecule has 0 saturated heterocycles. The molecule has 0 fully saturated rings. The second kappa shape index (κ2) is 7.58. The van der Waals surface area contributed by atoms with E-state index in [0.29, 0.717) is 0 Å². The van der Waals surface area contributed by atoms with Crippen LogP contribution >= 0.6 is 0 Å². The number of imidazole rings is 1. The van der Waals surface area contributed by atoms with Gasteiger partial charge in [0.15, 0.2) is 0 Å². The van der Waals surface area contributed by atoms with E-state index in [2.05, 4.69) is 10.3 Å². The summed E-state index contributed by atoms with van der Waals surface area (Å²) in [6.45, 7) is 3.12. The van der Waals surface area contributed by atoms with Crippen LogP contribution in [0.3, 0.4) is 0 Å². The molecule has 0 aliphatic rings. The highest BCUT2D eigenvalue weighted by Gasteiger charge is 2.25. The molecule has 1 unspecified atom stereocenters. The molecule has 1 heterocycles. The van der Waals surface area contributed by atoms with Crippen LogP contribution in [-0.4, -0.2) is 56.5 Å². The molecular weight excluding hydrogens is 312 g/mol. The van der Waals surface area contributed by atoms with E-state index in [4.69, 9.17) is 0 Å². The Bertz CT molecular complexity index is 755. The monoisotopic (exact) mass is 332 g/mol. The van der Waals surface area contributed by atoms with E-state index in [1.54, 1.807) is 10.9 Å². The van der Waals surface area contributed by atoms with Crippen molar-refractivity contribution in [2.45, 2.75) is 26.4 Å². The molecule has 24 heavy (non-hydrogen) atoms. The van der Waals surface area contributed by atoms with Gasteiger partial charge in [-0.1, -0.05) is 12.1 Å². The van der Waals surface area contributed by atoms with Gasteiger partial charge in [0.25, 0.3) is 0 Å². The Morgan fingerprint density at radius 3 is 2.71 bits per heavy atom. The van der Waals surface area contributed by atoms with Crippen molar-refractivity contribution in [3.05, 3.63) is 30.6 Å². The van der Waals surface area contributed by atoms with Crippen molar-refractivity contribution >= 4 is 28.8 Å². The van der Waals surface area contributed by atoms with E-state index < -0.39 is 12.0 Å². The molecule has 8 nitrogen and oxygen atoms in total. The molecule has 0 radical (unpaired) electrons. The number of nitrogens with zero attached hydrogens (tertiary/aromatic N) is 3. The Morgan fingerprint density at radius 2 is 2.04 bits per heavy atom. The number of carboxylic acid groups (broad SMARTS) is 1. The molecule has 0 spiro atoms. The lowest BCUT2D eigenvalue weighted by Gasteiger charge is -2.26. The fourth-order valence-electron chi connectivity index (χ4n) is 2.39.